The van der Waals surface area contributed by atoms with E-state index in [2.05, 4.69) is 19.2 Å². The van der Waals surface area contributed by atoms with Crippen molar-refractivity contribution in [1.82, 2.24) is 4.31 Å². The largest absolute Gasteiger partial charge is 0.365 e. The molecule has 1 heterocycles. The van der Waals surface area contributed by atoms with E-state index in [-0.39, 0.29) is 10.8 Å². The Morgan fingerprint density at radius 1 is 1.18 bits per heavy atom. The third-order valence-corrected chi connectivity index (χ3v) is 6.85. The van der Waals surface area contributed by atoms with Gasteiger partial charge in [-0.25, -0.2) is 8.42 Å². The van der Waals surface area contributed by atoms with E-state index >= 15 is 0 Å². The monoisotopic (exact) mass is 402 g/mol. The number of hydrogen-bond acceptors (Lipinski definition) is 4. The van der Waals surface area contributed by atoms with Crippen molar-refractivity contribution in [3.63, 3.8) is 0 Å². The van der Waals surface area contributed by atoms with Crippen LogP contribution >= 0.6 is 0 Å². The highest BCUT2D eigenvalue weighted by Gasteiger charge is 2.35. The number of nitrogens with one attached hydrogen (secondary N) is 1. The molecular formula is C21H26N2O4S. The third kappa shape index (κ3) is 4.27. The van der Waals surface area contributed by atoms with E-state index in [1.165, 1.54) is 29.1 Å². The van der Waals surface area contributed by atoms with Crippen LogP contribution in [0.3, 0.4) is 0 Å². The van der Waals surface area contributed by atoms with Crippen LogP contribution in [0.5, 0.6) is 0 Å². The van der Waals surface area contributed by atoms with Crippen molar-refractivity contribution >= 4 is 21.6 Å². The van der Waals surface area contributed by atoms with Gasteiger partial charge in [0.15, 0.2) is 0 Å². The molecule has 1 saturated heterocycles. The first-order valence-corrected chi connectivity index (χ1v) is 10.8. The van der Waals surface area contributed by atoms with Gasteiger partial charge in [-0.15, -0.1) is 0 Å². The lowest BCUT2D eigenvalue weighted by molar-refractivity contribution is 0.0406. The van der Waals surface area contributed by atoms with Gasteiger partial charge < -0.3 is 10.1 Å². The minimum atomic E-state index is -3.72. The van der Waals surface area contributed by atoms with E-state index in [0.29, 0.717) is 30.1 Å². The topological polar surface area (TPSA) is 75.7 Å². The quantitative estimate of drug-likeness (QED) is 0.797. The Kier molecular flexibility index (Phi) is 6.17. The van der Waals surface area contributed by atoms with Gasteiger partial charge in [0.1, 0.15) is 6.23 Å². The van der Waals surface area contributed by atoms with E-state index in [1.807, 2.05) is 24.3 Å². The molecule has 0 saturated carbocycles. The lowest BCUT2D eigenvalue weighted by atomic mass is 10.0. The van der Waals surface area contributed by atoms with Crippen molar-refractivity contribution in [2.24, 2.45) is 0 Å². The summed E-state index contributed by atoms with van der Waals surface area (Å²) in [7, 11) is -2.21. The van der Waals surface area contributed by atoms with Gasteiger partial charge in [0.2, 0.25) is 10.0 Å². The number of amides is 1. The summed E-state index contributed by atoms with van der Waals surface area (Å²) in [6.07, 6.45) is 0.967. The molecule has 1 aliphatic rings. The van der Waals surface area contributed by atoms with Crippen molar-refractivity contribution in [3.05, 3.63) is 59.7 Å². The Bertz CT molecular complexity index is 939. The zero-order valence-corrected chi connectivity index (χ0v) is 17.2. The first-order valence-electron chi connectivity index (χ1n) is 9.39. The molecule has 2 aromatic rings. The molecule has 0 bridgehead atoms. The van der Waals surface area contributed by atoms with Crippen LogP contribution in [0.1, 0.15) is 48.5 Å². The second kappa shape index (κ2) is 8.43. The fourth-order valence-corrected chi connectivity index (χ4v) is 4.98. The maximum absolute atomic E-state index is 13.0. The Labute approximate surface area is 166 Å². The number of sulfonamides is 1. The lowest BCUT2D eigenvalue weighted by Crippen LogP contribution is -2.36. The molecule has 1 N–H and O–H groups in total. The Hall–Kier alpha value is -2.22. The summed E-state index contributed by atoms with van der Waals surface area (Å²) < 4.78 is 32.5. The minimum Gasteiger partial charge on any atom is -0.365 e. The summed E-state index contributed by atoms with van der Waals surface area (Å²) in [5, 5.41) is 2.82. The first-order chi connectivity index (χ1) is 13.3. The molecule has 1 fully saturated rings. The first kappa shape index (κ1) is 20.5. The maximum atomic E-state index is 13.0. The Balaban J connectivity index is 1.79. The number of nitrogens with zero attached hydrogens (tertiary/aromatic N) is 1. The molecule has 0 unspecified atom stereocenters. The lowest BCUT2D eigenvalue weighted by Gasteiger charge is -2.22. The van der Waals surface area contributed by atoms with Crippen LogP contribution in [0.15, 0.2) is 53.4 Å². The molecule has 1 aliphatic heterocycles. The van der Waals surface area contributed by atoms with Crippen molar-refractivity contribution in [1.29, 1.82) is 0 Å². The van der Waals surface area contributed by atoms with Gasteiger partial charge in [-0.1, -0.05) is 32.0 Å². The number of hydrogen-bond donors (Lipinski definition) is 1. The van der Waals surface area contributed by atoms with Gasteiger partial charge >= 0.3 is 0 Å². The molecule has 0 aromatic heterocycles. The predicted octanol–water partition coefficient (Wildman–Crippen LogP) is 3.82. The number of ether oxygens (including phenoxy) is 1. The predicted molar refractivity (Wildman–Crippen MR) is 109 cm³/mol. The molecule has 7 heteroatoms. The van der Waals surface area contributed by atoms with Crippen LogP contribution in [0.2, 0.25) is 0 Å². The zero-order valence-electron chi connectivity index (χ0n) is 16.4. The maximum Gasteiger partial charge on any atom is 0.255 e. The number of rotatable bonds is 6. The van der Waals surface area contributed by atoms with Gasteiger partial charge in [-0.3, -0.25) is 4.79 Å². The molecule has 0 aliphatic carbocycles. The molecule has 150 valence electrons. The van der Waals surface area contributed by atoms with E-state index in [4.69, 9.17) is 4.74 Å². The second-order valence-electron chi connectivity index (χ2n) is 7.21. The smallest absolute Gasteiger partial charge is 0.255 e. The highest BCUT2D eigenvalue weighted by Crippen LogP contribution is 2.27. The van der Waals surface area contributed by atoms with Crippen LogP contribution in [0.4, 0.5) is 5.69 Å². The summed E-state index contributed by atoms with van der Waals surface area (Å²) in [6, 6.07) is 13.8. The fraction of sp³-hybridized carbons (Fsp3) is 0.381. The highest BCUT2D eigenvalue weighted by molar-refractivity contribution is 7.89. The Morgan fingerprint density at radius 2 is 1.89 bits per heavy atom. The molecule has 3 rings (SSSR count). The molecule has 6 nitrogen and oxygen atoms in total. The average Bonchev–Trinajstić information content (AvgIpc) is 3.18. The van der Waals surface area contributed by atoms with Gasteiger partial charge in [-0.2, -0.15) is 4.31 Å². The molecule has 1 amide bonds. The normalized spacial score (nSPS) is 17.8. The summed E-state index contributed by atoms with van der Waals surface area (Å²) in [4.78, 5) is 12.7. The van der Waals surface area contributed by atoms with Crippen LogP contribution in [0, 0.1) is 0 Å². The summed E-state index contributed by atoms with van der Waals surface area (Å²) in [5.41, 5.74) is 2.15. The van der Waals surface area contributed by atoms with Crippen LogP contribution < -0.4 is 5.32 Å². The van der Waals surface area contributed by atoms with Gasteiger partial charge in [0, 0.05) is 24.9 Å². The van der Waals surface area contributed by atoms with Gasteiger partial charge in [0.05, 0.1) is 4.90 Å². The zero-order chi connectivity index (χ0) is 20.3. The number of carbonyl (C=O) groups is 1. The van der Waals surface area contributed by atoms with Gasteiger partial charge in [-0.05, 0) is 54.7 Å². The summed E-state index contributed by atoms with van der Waals surface area (Å²) in [6.45, 7) is 4.63. The summed E-state index contributed by atoms with van der Waals surface area (Å²) >= 11 is 0. The van der Waals surface area contributed by atoms with Crippen molar-refractivity contribution in [2.75, 3.05) is 19.0 Å². The van der Waals surface area contributed by atoms with E-state index < -0.39 is 16.3 Å². The molecular weight excluding hydrogens is 376 g/mol. The molecule has 2 aromatic carbocycles. The number of methoxy groups -OCH3 is 1. The SMILES string of the molecule is CO[C@@H]1CCCN1S(=O)(=O)c1cccc(C(=O)Nc2ccc(C(C)C)cc2)c1. The van der Waals surface area contributed by atoms with E-state index in [0.717, 1.165) is 6.42 Å². The van der Waals surface area contributed by atoms with Crippen LogP contribution in [0.25, 0.3) is 0 Å². The highest BCUT2D eigenvalue weighted by atomic mass is 32.2. The molecule has 0 radical (unpaired) electrons. The molecule has 28 heavy (non-hydrogen) atoms. The fourth-order valence-electron chi connectivity index (χ4n) is 3.31. The number of anilines is 1. The second-order valence-corrected chi connectivity index (χ2v) is 9.10. The number of carbonyl (C=O) groups excluding carboxylic acids is 1. The van der Waals surface area contributed by atoms with Crippen LogP contribution in [-0.2, 0) is 14.8 Å². The van der Waals surface area contributed by atoms with E-state index in [1.54, 1.807) is 12.1 Å². The van der Waals surface area contributed by atoms with E-state index in [9.17, 15) is 13.2 Å². The van der Waals surface area contributed by atoms with Gasteiger partial charge in [0.25, 0.3) is 5.91 Å². The van der Waals surface area contributed by atoms with Crippen LogP contribution in [-0.4, -0.2) is 38.5 Å². The number of benzene rings is 2. The average molecular weight is 403 g/mol. The molecule has 1 atom stereocenters. The summed E-state index contributed by atoms with van der Waals surface area (Å²) in [5.74, 6) is 0.0622. The van der Waals surface area contributed by atoms with Crippen molar-refractivity contribution in [3.8, 4) is 0 Å². The van der Waals surface area contributed by atoms with Crippen molar-refractivity contribution < 1.29 is 17.9 Å². The minimum absolute atomic E-state index is 0.0965. The molecule has 0 spiro atoms. The standard InChI is InChI=1S/C21H26N2O4S/c1-15(2)16-9-11-18(12-10-16)22-21(24)17-6-4-7-19(14-17)28(25,26)23-13-5-8-20(23)27-3/h4,6-7,9-12,14-15,20H,5,8,13H2,1-3H3,(H,22,24)/t20-/m1/s1. The third-order valence-electron chi connectivity index (χ3n) is 4.96. The Morgan fingerprint density at radius 3 is 2.54 bits per heavy atom. The van der Waals surface area contributed by atoms with Crippen molar-refractivity contribution in [2.45, 2.75) is 43.7 Å².